The highest BCUT2D eigenvalue weighted by atomic mass is 16.6. The van der Waals surface area contributed by atoms with Gasteiger partial charge >= 0.3 is 0 Å². The number of benzene rings is 3. The number of ether oxygens (including phenoxy) is 1. The van der Waals surface area contributed by atoms with Crippen molar-refractivity contribution in [1.29, 1.82) is 0 Å². The lowest BCUT2D eigenvalue weighted by atomic mass is 9.86. The predicted octanol–water partition coefficient (Wildman–Crippen LogP) is 4.89. The standard InChI is InChI=1S/C21H18N2O5/c1-28-20-12-2-15(3-13-20)14-21(16-4-8-18(9-5-16)22(24)25)17-6-10-19(11-7-17)23(26)27/h2-13,21H,14H2,1H3. The Bertz CT molecular complexity index is 910. The number of non-ortho nitro benzene ring substituents is 2. The second kappa shape index (κ2) is 8.30. The van der Waals surface area contributed by atoms with Crippen LogP contribution in [0.5, 0.6) is 5.75 Å². The summed E-state index contributed by atoms with van der Waals surface area (Å²) >= 11 is 0. The first kappa shape index (κ1) is 19.0. The minimum absolute atomic E-state index is 0.0237. The van der Waals surface area contributed by atoms with E-state index in [1.165, 1.54) is 24.3 Å². The van der Waals surface area contributed by atoms with E-state index >= 15 is 0 Å². The molecule has 0 saturated carbocycles. The second-order valence-electron chi connectivity index (χ2n) is 6.30. The lowest BCUT2D eigenvalue weighted by molar-refractivity contribution is -0.385. The van der Waals surface area contributed by atoms with E-state index in [-0.39, 0.29) is 17.3 Å². The largest absolute Gasteiger partial charge is 0.497 e. The number of nitro benzene ring substituents is 2. The van der Waals surface area contributed by atoms with Crippen molar-refractivity contribution in [2.75, 3.05) is 7.11 Å². The molecular formula is C21H18N2O5. The monoisotopic (exact) mass is 378 g/mol. The summed E-state index contributed by atoms with van der Waals surface area (Å²) in [5.74, 6) is 0.654. The van der Waals surface area contributed by atoms with Gasteiger partial charge in [0.15, 0.2) is 0 Å². The zero-order valence-electron chi connectivity index (χ0n) is 15.1. The van der Waals surface area contributed by atoms with E-state index in [0.717, 1.165) is 22.4 Å². The number of hydrogen-bond acceptors (Lipinski definition) is 5. The molecule has 0 heterocycles. The highest BCUT2D eigenvalue weighted by Crippen LogP contribution is 2.31. The van der Waals surface area contributed by atoms with Crippen LogP contribution in [-0.4, -0.2) is 17.0 Å². The fourth-order valence-electron chi connectivity index (χ4n) is 3.08. The lowest BCUT2D eigenvalue weighted by Gasteiger charge is -2.18. The summed E-state index contributed by atoms with van der Waals surface area (Å²) in [6.07, 6.45) is 0.639. The minimum atomic E-state index is -0.436. The van der Waals surface area contributed by atoms with Crippen molar-refractivity contribution in [3.8, 4) is 5.75 Å². The molecule has 0 unspecified atom stereocenters. The molecule has 7 nitrogen and oxygen atoms in total. The topological polar surface area (TPSA) is 95.5 Å². The Morgan fingerprint density at radius 3 is 1.54 bits per heavy atom. The van der Waals surface area contributed by atoms with Gasteiger partial charge in [-0.1, -0.05) is 36.4 Å². The van der Waals surface area contributed by atoms with Crippen LogP contribution in [0.3, 0.4) is 0 Å². The molecule has 0 aromatic heterocycles. The van der Waals surface area contributed by atoms with Crippen LogP contribution in [-0.2, 0) is 6.42 Å². The smallest absolute Gasteiger partial charge is 0.269 e. The number of hydrogen-bond donors (Lipinski definition) is 0. The third kappa shape index (κ3) is 4.32. The summed E-state index contributed by atoms with van der Waals surface area (Å²) in [6, 6.07) is 20.5. The Kier molecular flexibility index (Phi) is 5.64. The Labute approximate surface area is 161 Å². The van der Waals surface area contributed by atoms with E-state index in [2.05, 4.69) is 0 Å². The van der Waals surface area contributed by atoms with E-state index in [1.807, 2.05) is 24.3 Å². The zero-order chi connectivity index (χ0) is 20.1. The third-order valence-electron chi connectivity index (χ3n) is 4.61. The van der Waals surface area contributed by atoms with Crippen molar-refractivity contribution in [2.45, 2.75) is 12.3 Å². The molecule has 142 valence electrons. The number of nitro groups is 2. The van der Waals surface area contributed by atoms with Crippen molar-refractivity contribution >= 4 is 11.4 Å². The Hall–Kier alpha value is -3.74. The molecule has 0 fully saturated rings. The van der Waals surface area contributed by atoms with Gasteiger partial charge in [0.25, 0.3) is 11.4 Å². The Morgan fingerprint density at radius 1 is 0.750 bits per heavy atom. The molecule has 28 heavy (non-hydrogen) atoms. The van der Waals surface area contributed by atoms with Crippen LogP contribution >= 0.6 is 0 Å². The molecule has 0 bridgehead atoms. The highest BCUT2D eigenvalue weighted by Gasteiger charge is 2.18. The Balaban J connectivity index is 1.96. The summed E-state index contributed by atoms with van der Waals surface area (Å²) < 4.78 is 5.19. The molecular weight excluding hydrogens is 360 g/mol. The van der Waals surface area contributed by atoms with Crippen LogP contribution in [0, 0.1) is 20.2 Å². The van der Waals surface area contributed by atoms with Crippen LogP contribution in [0.2, 0.25) is 0 Å². The van der Waals surface area contributed by atoms with Gasteiger partial charge in [-0.05, 0) is 35.2 Å². The van der Waals surface area contributed by atoms with Crippen molar-refractivity contribution in [3.63, 3.8) is 0 Å². The summed E-state index contributed by atoms with van der Waals surface area (Å²) in [4.78, 5) is 21.0. The first-order chi connectivity index (χ1) is 13.5. The normalized spacial score (nSPS) is 10.6. The van der Waals surface area contributed by atoms with Gasteiger partial charge < -0.3 is 4.74 Å². The minimum Gasteiger partial charge on any atom is -0.497 e. The van der Waals surface area contributed by atoms with Crippen LogP contribution in [0.4, 0.5) is 11.4 Å². The quantitative estimate of drug-likeness (QED) is 0.431. The highest BCUT2D eigenvalue weighted by molar-refractivity contribution is 5.43. The van der Waals surface area contributed by atoms with Gasteiger partial charge in [-0.3, -0.25) is 20.2 Å². The van der Waals surface area contributed by atoms with E-state index in [0.29, 0.717) is 6.42 Å². The third-order valence-corrected chi connectivity index (χ3v) is 4.61. The van der Waals surface area contributed by atoms with Crippen molar-refractivity contribution in [2.24, 2.45) is 0 Å². The van der Waals surface area contributed by atoms with Gasteiger partial charge in [-0.25, -0.2) is 0 Å². The molecule has 0 atom stereocenters. The van der Waals surface area contributed by atoms with Crippen molar-refractivity contribution in [1.82, 2.24) is 0 Å². The summed E-state index contributed by atoms with van der Waals surface area (Å²) in [6.45, 7) is 0. The average molecular weight is 378 g/mol. The summed E-state index contributed by atoms with van der Waals surface area (Å²) in [5, 5.41) is 21.9. The van der Waals surface area contributed by atoms with E-state index in [9.17, 15) is 20.2 Å². The van der Waals surface area contributed by atoms with E-state index in [1.54, 1.807) is 31.4 Å². The van der Waals surface area contributed by atoms with E-state index in [4.69, 9.17) is 4.74 Å². The Morgan fingerprint density at radius 2 is 1.18 bits per heavy atom. The van der Waals surface area contributed by atoms with Crippen molar-refractivity contribution in [3.05, 3.63) is 110 Å². The first-order valence-corrected chi connectivity index (χ1v) is 8.59. The molecule has 0 aliphatic heterocycles. The maximum Gasteiger partial charge on any atom is 0.269 e. The zero-order valence-corrected chi connectivity index (χ0v) is 15.1. The van der Waals surface area contributed by atoms with Gasteiger partial charge in [0.1, 0.15) is 5.75 Å². The van der Waals surface area contributed by atoms with Gasteiger partial charge in [0, 0.05) is 30.2 Å². The SMILES string of the molecule is COc1ccc(CC(c2ccc([N+](=O)[O-])cc2)c2ccc([N+](=O)[O-])cc2)cc1. The van der Waals surface area contributed by atoms with Crippen LogP contribution in [0.15, 0.2) is 72.8 Å². The van der Waals surface area contributed by atoms with Crippen molar-refractivity contribution < 1.29 is 14.6 Å². The molecule has 0 N–H and O–H groups in total. The first-order valence-electron chi connectivity index (χ1n) is 8.59. The molecule has 7 heteroatoms. The fraction of sp³-hybridized carbons (Fsp3) is 0.143. The maximum atomic E-state index is 10.9. The van der Waals surface area contributed by atoms with Gasteiger partial charge in [-0.2, -0.15) is 0 Å². The molecule has 3 aromatic rings. The van der Waals surface area contributed by atoms with Crippen LogP contribution < -0.4 is 4.74 Å². The summed E-state index contributed by atoms with van der Waals surface area (Å²) in [5.41, 5.74) is 2.90. The molecule has 0 saturated heterocycles. The van der Waals surface area contributed by atoms with Gasteiger partial charge in [0.2, 0.25) is 0 Å². The maximum absolute atomic E-state index is 10.9. The number of rotatable bonds is 7. The fourth-order valence-corrected chi connectivity index (χ4v) is 3.08. The second-order valence-corrected chi connectivity index (χ2v) is 6.30. The van der Waals surface area contributed by atoms with Gasteiger partial charge in [-0.15, -0.1) is 0 Å². The molecule has 0 radical (unpaired) electrons. The molecule has 0 spiro atoms. The molecule has 3 aromatic carbocycles. The summed E-state index contributed by atoms with van der Waals surface area (Å²) in [7, 11) is 1.60. The number of nitrogens with zero attached hydrogens (tertiary/aromatic N) is 2. The molecule has 0 aliphatic carbocycles. The molecule has 3 rings (SSSR count). The molecule has 0 aliphatic rings. The van der Waals surface area contributed by atoms with Gasteiger partial charge in [0.05, 0.1) is 17.0 Å². The number of methoxy groups -OCH3 is 1. The average Bonchev–Trinajstić information content (AvgIpc) is 2.72. The molecule has 0 amide bonds. The van der Waals surface area contributed by atoms with Crippen LogP contribution in [0.25, 0.3) is 0 Å². The predicted molar refractivity (Wildman–Crippen MR) is 105 cm³/mol. The van der Waals surface area contributed by atoms with Crippen LogP contribution in [0.1, 0.15) is 22.6 Å². The lowest BCUT2D eigenvalue weighted by Crippen LogP contribution is -2.06. The van der Waals surface area contributed by atoms with E-state index < -0.39 is 9.85 Å².